The number of ketones is 1. The number of hydrogen-bond acceptors (Lipinski definition) is 2. The van der Waals surface area contributed by atoms with E-state index in [2.05, 4.69) is 12.1 Å². The molecule has 1 heterocycles. The summed E-state index contributed by atoms with van der Waals surface area (Å²) in [5, 5.41) is 0. The highest BCUT2D eigenvalue weighted by atomic mass is 16.5. The Morgan fingerprint density at radius 2 is 2.00 bits per heavy atom. The van der Waals surface area contributed by atoms with Gasteiger partial charge >= 0.3 is 0 Å². The second-order valence-corrected chi connectivity index (χ2v) is 3.64. The van der Waals surface area contributed by atoms with Crippen LogP contribution in [0.25, 0.3) is 0 Å². The Balaban J connectivity index is 2.08. The van der Waals surface area contributed by atoms with Crippen LogP contribution in [0.15, 0.2) is 30.3 Å². The van der Waals surface area contributed by atoms with Crippen molar-refractivity contribution in [1.29, 1.82) is 0 Å². The summed E-state index contributed by atoms with van der Waals surface area (Å²) in [4.78, 5) is 11.1. The van der Waals surface area contributed by atoms with Crippen LogP contribution in [0.3, 0.4) is 0 Å². The molecule has 2 rings (SSSR count). The highest BCUT2D eigenvalue weighted by Crippen LogP contribution is 2.25. The van der Waals surface area contributed by atoms with Gasteiger partial charge in [0.25, 0.3) is 0 Å². The van der Waals surface area contributed by atoms with E-state index in [0.717, 1.165) is 12.8 Å². The van der Waals surface area contributed by atoms with Gasteiger partial charge in [-0.15, -0.1) is 0 Å². The summed E-state index contributed by atoms with van der Waals surface area (Å²) in [7, 11) is 0. The van der Waals surface area contributed by atoms with Crippen molar-refractivity contribution < 1.29 is 9.53 Å². The molecule has 0 radical (unpaired) electrons. The summed E-state index contributed by atoms with van der Waals surface area (Å²) < 4.78 is 5.55. The van der Waals surface area contributed by atoms with E-state index < -0.39 is 0 Å². The fourth-order valence-electron chi connectivity index (χ4n) is 1.76. The smallest absolute Gasteiger partial charge is 0.158 e. The van der Waals surface area contributed by atoms with Crippen molar-refractivity contribution in [3.63, 3.8) is 0 Å². The van der Waals surface area contributed by atoms with Crippen LogP contribution in [0, 0.1) is 0 Å². The summed E-state index contributed by atoms with van der Waals surface area (Å²) in [5.41, 5.74) is 1.18. The van der Waals surface area contributed by atoms with Crippen LogP contribution < -0.4 is 0 Å². The van der Waals surface area contributed by atoms with E-state index >= 15 is 0 Å². The maximum atomic E-state index is 11.1. The van der Waals surface area contributed by atoms with Crippen LogP contribution in [0.2, 0.25) is 0 Å². The van der Waals surface area contributed by atoms with E-state index in [1.807, 2.05) is 18.2 Å². The van der Waals surface area contributed by atoms with E-state index in [1.54, 1.807) is 0 Å². The Morgan fingerprint density at radius 1 is 1.21 bits per heavy atom. The number of rotatable bonds is 1. The van der Waals surface area contributed by atoms with Crippen molar-refractivity contribution in [2.75, 3.05) is 6.61 Å². The molecule has 1 aliphatic rings. The molecule has 0 amide bonds. The van der Waals surface area contributed by atoms with Crippen molar-refractivity contribution >= 4 is 5.78 Å². The molecule has 1 aromatic rings. The lowest BCUT2D eigenvalue weighted by molar-refractivity contribution is -0.123. The minimum absolute atomic E-state index is 0.114. The van der Waals surface area contributed by atoms with E-state index in [9.17, 15) is 4.79 Å². The zero-order valence-corrected chi connectivity index (χ0v) is 8.11. The molecule has 2 heteroatoms. The van der Waals surface area contributed by atoms with Crippen LogP contribution in [0.1, 0.15) is 30.9 Å². The second kappa shape index (κ2) is 4.38. The second-order valence-electron chi connectivity index (χ2n) is 3.64. The number of Topliss-reactive ketones (excluding diaryl/α,β-unsaturated/α-hetero) is 1. The molecular weight excluding hydrogens is 176 g/mol. The number of benzene rings is 1. The van der Waals surface area contributed by atoms with Gasteiger partial charge in [0.05, 0.1) is 6.10 Å². The highest BCUT2D eigenvalue weighted by Gasteiger charge is 2.17. The fourth-order valence-corrected chi connectivity index (χ4v) is 1.76. The van der Waals surface area contributed by atoms with Gasteiger partial charge in [0.2, 0.25) is 0 Å². The average molecular weight is 190 g/mol. The third-order valence-corrected chi connectivity index (χ3v) is 2.54. The number of ether oxygens (including phenoxy) is 1. The minimum atomic E-state index is 0.114. The Hall–Kier alpha value is -1.15. The van der Waals surface area contributed by atoms with Gasteiger partial charge < -0.3 is 4.74 Å². The molecule has 0 unspecified atom stereocenters. The van der Waals surface area contributed by atoms with Crippen molar-refractivity contribution in [3.8, 4) is 0 Å². The number of carbonyl (C=O) groups is 1. The molecule has 1 aliphatic heterocycles. The van der Waals surface area contributed by atoms with Gasteiger partial charge in [0.1, 0.15) is 6.61 Å². The molecular formula is C12H14O2. The normalized spacial score (nSPS) is 23.1. The first-order valence-electron chi connectivity index (χ1n) is 5.04. The van der Waals surface area contributed by atoms with E-state index in [4.69, 9.17) is 4.74 Å². The molecule has 1 atom stereocenters. The van der Waals surface area contributed by atoms with Crippen molar-refractivity contribution in [1.82, 2.24) is 0 Å². The molecule has 0 spiro atoms. The summed E-state index contributed by atoms with van der Waals surface area (Å²) in [6, 6.07) is 10.1. The molecule has 1 aromatic carbocycles. The monoisotopic (exact) mass is 190 g/mol. The van der Waals surface area contributed by atoms with Gasteiger partial charge in [-0.3, -0.25) is 4.79 Å². The highest BCUT2D eigenvalue weighted by molar-refractivity contribution is 5.79. The fraction of sp³-hybridized carbons (Fsp3) is 0.417. The molecule has 0 bridgehead atoms. The van der Waals surface area contributed by atoms with Crippen LogP contribution >= 0.6 is 0 Å². The van der Waals surface area contributed by atoms with E-state index in [0.29, 0.717) is 6.42 Å². The Kier molecular flexibility index (Phi) is 2.94. The lowest BCUT2D eigenvalue weighted by Crippen LogP contribution is -2.07. The summed E-state index contributed by atoms with van der Waals surface area (Å²) in [6.45, 7) is 0.277. The molecule has 0 N–H and O–H groups in total. The SMILES string of the molecule is O=C1CCC[C@@H](c2ccccc2)OC1. The summed E-state index contributed by atoms with van der Waals surface area (Å²) in [5.74, 6) is 0.225. The predicted molar refractivity (Wildman–Crippen MR) is 54.0 cm³/mol. The minimum Gasteiger partial charge on any atom is -0.366 e. The Morgan fingerprint density at radius 3 is 2.79 bits per heavy atom. The molecule has 0 aliphatic carbocycles. The molecule has 2 nitrogen and oxygen atoms in total. The van der Waals surface area contributed by atoms with Crippen molar-refractivity contribution in [2.24, 2.45) is 0 Å². The molecule has 74 valence electrons. The zero-order chi connectivity index (χ0) is 9.80. The van der Waals surface area contributed by atoms with Gasteiger partial charge in [-0.2, -0.15) is 0 Å². The lowest BCUT2D eigenvalue weighted by atomic mass is 10.0. The largest absolute Gasteiger partial charge is 0.366 e. The summed E-state index contributed by atoms with van der Waals surface area (Å²) in [6.07, 6.45) is 2.68. The van der Waals surface area contributed by atoms with Crippen LogP contribution in [-0.2, 0) is 9.53 Å². The average Bonchev–Trinajstić information content (AvgIpc) is 2.44. The van der Waals surface area contributed by atoms with E-state index in [1.165, 1.54) is 5.56 Å². The Labute approximate surface area is 83.9 Å². The molecule has 0 saturated carbocycles. The number of hydrogen-bond donors (Lipinski definition) is 0. The van der Waals surface area contributed by atoms with Gasteiger partial charge in [0, 0.05) is 6.42 Å². The van der Waals surface area contributed by atoms with E-state index in [-0.39, 0.29) is 18.5 Å². The topological polar surface area (TPSA) is 26.3 Å². The molecule has 1 fully saturated rings. The van der Waals surface area contributed by atoms with Gasteiger partial charge in [-0.1, -0.05) is 30.3 Å². The maximum absolute atomic E-state index is 11.1. The zero-order valence-electron chi connectivity index (χ0n) is 8.11. The third-order valence-electron chi connectivity index (χ3n) is 2.54. The predicted octanol–water partition coefficient (Wildman–Crippen LogP) is 2.50. The lowest BCUT2D eigenvalue weighted by Gasteiger charge is -2.14. The van der Waals surface area contributed by atoms with Crippen LogP contribution in [0.5, 0.6) is 0 Å². The van der Waals surface area contributed by atoms with Crippen LogP contribution in [-0.4, -0.2) is 12.4 Å². The maximum Gasteiger partial charge on any atom is 0.158 e. The number of carbonyl (C=O) groups excluding carboxylic acids is 1. The standard InChI is InChI=1S/C12H14O2/c13-11-7-4-8-12(14-9-11)10-5-2-1-3-6-10/h1-3,5-6,12H,4,7-9H2/t12-/m0/s1. The third kappa shape index (κ3) is 2.20. The first-order chi connectivity index (χ1) is 6.86. The summed E-state index contributed by atoms with van der Waals surface area (Å²) >= 11 is 0. The van der Waals surface area contributed by atoms with Gasteiger partial charge in [0.15, 0.2) is 5.78 Å². The van der Waals surface area contributed by atoms with Gasteiger partial charge in [-0.05, 0) is 18.4 Å². The first-order valence-corrected chi connectivity index (χ1v) is 5.04. The first kappa shape index (κ1) is 9.41. The molecule has 0 aromatic heterocycles. The van der Waals surface area contributed by atoms with Crippen LogP contribution in [0.4, 0.5) is 0 Å². The van der Waals surface area contributed by atoms with Gasteiger partial charge in [-0.25, -0.2) is 0 Å². The van der Waals surface area contributed by atoms with Crippen molar-refractivity contribution in [2.45, 2.75) is 25.4 Å². The van der Waals surface area contributed by atoms with Crippen molar-refractivity contribution in [3.05, 3.63) is 35.9 Å². The quantitative estimate of drug-likeness (QED) is 0.680. The Bertz CT molecular complexity index is 305. The molecule has 14 heavy (non-hydrogen) atoms. The molecule has 1 saturated heterocycles.